The van der Waals surface area contributed by atoms with Crippen molar-refractivity contribution in [2.24, 2.45) is 5.73 Å². The van der Waals surface area contributed by atoms with Crippen LogP contribution < -0.4 is 5.73 Å². The second kappa shape index (κ2) is 5.92. The Kier molecular flexibility index (Phi) is 4.83. The average molecular weight is 205 g/mol. The van der Waals surface area contributed by atoms with Gasteiger partial charge in [-0.1, -0.05) is 38.0 Å². The van der Waals surface area contributed by atoms with Gasteiger partial charge in [0.2, 0.25) is 0 Å². The van der Waals surface area contributed by atoms with E-state index in [-0.39, 0.29) is 0 Å². The SMILES string of the molecule is CCCCC(N)Cc1c(C)cccc1C. The Morgan fingerprint density at radius 1 is 1.20 bits per heavy atom. The fraction of sp³-hybridized carbons (Fsp3) is 0.571. The van der Waals surface area contributed by atoms with Crippen LogP contribution in [-0.4, -0.2) is 6.04 Å². The fourth-order valence-corrected chi connectivity index (χ4v) is 2.00. The van der Waals surface area contributed by atoms with Crippen LogP contribution in [0.3, 0.4) is 0 Å². The van der Waals surface area contributed by atoms with E-state index in [4.69, 9.17) is 5.73 Å². The first-order chi connectivity index (χ1) is 7.15. The van der Waals surface area contributed by atoms with E-state index in [1.165, 1.54) is 29.5 Å². The third-order valence-electron chi connectivity index (χ3n) is 3.04. The summed E-state index contributed by atoms with van der Waals surface area (Å²) >= 11 is 0. The maximum Gasteiger partial charge on any atom is 0.00795 e. The zero-order valence-electron chi connectivity index (χ0n) is 10.2. The Labute approximate surface area is 93.7 Å². The summed E-state index contributed by atoms with van der Waals surface area (Å²) < 4.78 is 0. The molecule has 1 aromatic rings. The van der Waals surface area contributed by atoms with Gasteiger partial charge in [-0.3, -0.25) is 0 Å². The molecule has 0 radical (unpaired) electrons. The second-order valence-corrected chi connectivity index (χ2v) is 4.48. The Balaban J connectivity index is 2.63. The van der Waals surface area contributed by atoms with Gasteiger partial charge >= 0.3 is 0 Å². The number of rotatable bonds is 5. The van der Waals surface area contributed by atoms with E-state index < -0.39 is 0 Å². The number of hydrogen-bond acceptors (Lipinski definition) is 1. The lowest BCUT2D eigenvalue weighted by molar-refractivity contribution is 0.572. The first-order valence-electron chi connectivity index (χ1n) is 5.95. The molecule has 2 N–H and O–H groups in total. The Bertz CT molecular complexity index is 284. The van der Waals surface area contributed by atoms with Crippen LogP contribution in [0.15, 0.2) is 18.2 Å². The summed E-state index contributed by atoms with van der Waals surface area (Å²) in [5.41, 5.74) is 10.3. The Morgan fingerprint density at radius 2 is 1.80 bits per heavy atom. The third kappa shape index (κ3) is 3.67. The van der Waals surface area contributed by atoms with E-state index in [2.05, 4.69) is 39.0 Å². The topological polar surface area (TPSA) is 26.0 Å². The highest BCUT2D eigenvalue weighted by atomic mass is 14.6. The summed E-state index contributed by atoms with van der Waals surface area (Å²) in [4.78, 5) is 0. The van der Waals surface area contributed by atoms with E-state index in [9.17, 15) is 0 Å². The third-order valence-corrected chi connectivity index (χ3v) is 3.04. The van der Waals surface area contributed by atoms with Crippen LogP contribution in [0.1, 0.15) is 42.9 Å². The maximum atomic E-state index is 6.13. The van der Waals surface area contributed by atoms with Crippen LogP contribution in [0, 0.1) is 13.8 Å². The molecule has 0 saturated carbocycles. The largest absolute Gasteiger partial charge is 0.327 e. The summed E-state index contributed by atoms with van der Waals surface area (Å²) in [5.74, 6) is 0. The molecule has 0 bridgehead atoms. The minimum Gasteiger partial charge on any atom is -0.327 e. The molecule has 1 unspecified atom stereocenters. The molecule has 0 amide bonds. The molecule has 0 heterocycles. The summed E-state index contributed by atoms with van der Waals surface area (Å²) in [5, 5.41) is 0. The van der Waals surface area contributed by atoms with Gasteiger partial charge in [0, 0.05) is 6.04 Å². The summed E-state index contributed by atoms with van der Waals surface area (Å²) in [6, 6.07) is 6.79. The van der Waals surface area contributed by atoms with E-state index >= 15 is 0 Å². The van der Waals surface area contributed by atoms with Crippen molar-refractivity contribution < 1.29 is 0 Å². The first kappa shape index (κ1) is 12.3. The molecular formula is C14H23N. The number of benzene rings is 1. The lowest BCUT2D eigenvalue weighted by Crippen LogP contribution is -2.23. The molecule has 1 nitrogen and oxygen atoms in total. The molecule has 0 fully saturated rings. The highest BCUT2D eigenvalue weighted by Gasteiger charge is 2.07. The molecule has 1 rings (SSSR count). The average Bonchev–Trinajstić information content (AvgIpc) is 2.21. The molecule has 0 aliphatic rings. The number of nitrogens with two attached hydrogens (primary N) is 1. The predicted molar refractivity (Wildman–Crippen MR) is 67.1 cm³/mol. The summed E-state index contributed by atoms with van der Waals surface area (Å²) in [7, 11) is 0. The standard InChI is InChI=1S/C14H23N/c1-4-5-9-13(15)10-14-11(2)7-6-8-12(14)3/h6-8,13H,4-5,9-10,15H2,1-3H3. The minimum absolute atomic E-state index is 0.324. The lowest BCUT2D eigenvalue weighted by atomic mass is 9.95. The zero-order valence-corrected chi connectivity index (χ0v) is 10.2. The smallest absolute Gasteiger partial charge is 0.00795 e. The van der Waals surface area contributed by atoms with Crippen molar-refractivity contribution >= 4 is 0 Å². The van der Waals surface area contributed by atoms with E-state index in [0.29, 0.717) is 6.04 Å². The highest BCUT2D eigenvalue weighted by molar-refractivity contribution is 5.34. The zero-order chi connectivity index (χ0) is 11.3. The normalized spacial score (nSPS) is 12.8. The second-order valence-electron chi connectivity index (χ2n) is 4.48. The molecule has 0 saturated heterocycles. The molecular weight excluding hydrogens is 182 g/mol. The van der Waals surface area contributed by atoms with Gasteiger partial charge in [-0.15, -0.1) is 0 Å². The van der Waals surface area contributed by atoms with Gasteiger partial charge in [-0.25, -0.2) is 0 Å². The maximum absolute atomic E-state index is 6.13. The molecule has 0 aromatic heterocycles. The fourth-order valence-electron chi connectivity index (χ4n) is 2.00. The van der Waals surface area contributed by atoms with Gasteiger partial charge in [-0.2, -0.15) is 0 Å². The van der Waals surface area contributed by atoms with Crippen LogP contribution in [0.5, 0.6) is 0 Å². The molecule has 1 aromatic carbocycles. The van der Waals surface area contributed by atoms with Crippen molar-refractivity contribution in [1.82, 2.24) is 0 Å². The number of unbranched alkanes of at least 4 members (excludes halogenated alkanes) is 1. The Morgan fingerprint density at radius 3 is 2.33 bits per heavy atom. The van der Waals surface area contributed by atoms with Crippen LogP contribution >= 0.6 is 0 Å². The highest BCUT2D eigenvalue weighted by Crippen LogP contribution is 2.16. The number of hydrogen-bond donors (Lipinski definition) is 1. The summed E-state index contributed by atoms with van der Waals surface area (Å²) in [6.07, 6.45) is 4.65. The van der Waals surface area contributed by atoms with E-state index in [1.54, 1.807) is 0 Å². The monoisotopic (exact) mass is 205 g/mol. The quantitative estimate of drug-likeness (QED) is 0.783. The Hall–Kier alpha value is -0.820. The van der Waals surface area contributed by atoms with Crippen molar-refractivity contribution in [1.29, 1.82) is 0 Å². The molecule has 1 heteroatoms. The van der Waals surface area contributed by atoms with Crippen LogP contribution in [0.4, 0.5) is 0 Å². The first-order valence-corrected chi connectivity index (χ1v) is 5.95. The van der Waals surface area contributed by atoms with Crippen LogP contribution in [0.25, 0.3) is 0 Å². The molecule has 84 valence electrons. The van der Waals surface area contributed by atoms with Gasteiger partial charge < -0.3 is 5.73 Å². The van der Waals surface area contributed by atoms with E-state index in [1.807, 2.05) is 0 Å². The molecule has 0 aliphatic carbocycles. The van der Waals surface area contributed by atoms with Crippen LogP contribution in [-0.2, 0) is 6.42 Å². The van der Waals surface area contributed by atoms with Crippen molar-refractivity contribution in [2.75, 3.05) is 0 Å². The van der Waals surface area contributed by atoms with Gasteiger partial charge in [0.05, 0.1) is 0 Å². The molecule has 1 atom stereocenters. The van der Waals surface area contributed by atoms with Gasteiger partial charge in [0.25, 0.3) is 0 Å². The van der Waals surface area contributed by atoms with Gasteiger partial charge in [0.1, 0.15) is 0 Å². The minimum atomic E-state index is 0.324. The molecule has 0 spiro atoms. The summed E-state index contributed by atoms with van der Waals surface area (Å²) in [6.45, 7) is 6.56. The van der Waals surface area contributed by atoms with Crippen molar-refractivity contribution in [3.8, 4) is 0 Å². The predicted octanol–water partition coefficient (Wildman–Crippen LogP) is 3.36. The van der Waals surface area contributed by atoms with Crippen molar-refractivity contribution in [2.45, 2.75) is 52.5 Å². The van der Waals surface area contributed by atoms with Gasteiger partial charge in [0.15, 0.2) is 0 Å². The van der Waals surface area contributed by atoms with Crippen LogP contribution in [0.2, 0.25) is 0 Å². The van der Waals surface area contributed by atoms with Crippen molar-refractivity contribution in [3.05, 3.63) is 34.9 Å². The lowest BCUT2D eigenvalue weighted by Gasteiger charge is -2.15. The van der Waals surface area contributed by atoms with E-state index in [0.717, 1.165) is 12.8 Å². The number of aryl methyl sites for hydroxylation is 2. The van der Waals surface area contributed by atoms with Gasteiger partial charge in [-0.05, 0) is 43.4 Å². The molecule has 15 heavy (non-hydrogen) atoms. The van der Waals surface area contributed by atoms with Crippen molar-refractivity contribution in [3.63, 3.8) is 0 Å². The molecule has 0 aliphatic heterocycles.